The smallest absolute Gasteiger partial charge is 0.336 e. The van der Waals surface area contributed by atoms with Crippen LogP contribution in [0.2, 0.25) is 0 Å². The van der Waals surface area contributed by atoms with Crippen LogP contribution in [0, 0.1) is 12.7 Å². The van der Waals surface area contributed by atoms with Crippen LogP contribution in [0.25, 0.3) is 22.1 Å². The normalized spacial score (nSPS) is 13.2. The highest BCUT2D eigenvalue weighted by Crippen LogP contribution is 2.39. The Morgan fingerprint density at radius 3 is 2.62 bits per heavy atom. The Kier molecular flexibility index (Phi) is 4.09. The van der Waals surface area contributed by atoms with Gasteiger partial charge in [0.1, 0.15) is 17.1 Å². The lowest BCUT2D eigenvalue weighted by atomic mass is 9.97. The molecule has 0 fully saturated rings. The van der Waals surface area contributed by atoms with E-state index in [1.165, 1.54) is 18.2 Å². The van der Waals surface area contributed by atoms with Crippen LogP contribution < -0.4 is 15.3 Å². The molecule has 0 saturated heterocycles. The van der Waals surface area contributed by atoms with Crippen LogP contribution in [-0.2, 0) is 6.54 Å². The van der Waals surface area contributed by atoms with E-state index in [9.17, 15) is 9.18 Å². The number of aryl methyl sites for hydroxylation is 1. The summed E-state index contributed by atoms with van der Waals surface area (Å²) >= 11 is 0. The van der Waals surface area contributed by atoms with Gasteiger partial charge in [-0.2, -0.15) is 0 Å². The molecule has 1 aliphatic heterocycles. The van der Waals surface area contributed by atoms with Crippen LogP contribution in [0.4, 0.5) is 10.1 Å². The Morgan fingerprint density at radius 2 is 1.83 bits per heavy atom. The lowest BCUT2D eigenvalue weighted by molar-refractivity contribution is 0.287. The molecule has 2 heterocycles. The minimum absolute atomic E-state index is 0.281. The Balaban J connectivity index is 1.68. The van der Waals surface area contributed by atoms with Gasteiger partial charge in [-0.1, -0.05) is 36.4 Å². The molecule has 3 aromatic carbocycles. The molecular formula is C24H18FNO3. The zero-order valence-electron chi connectivity index (χ0n) is 15.8. The third-order valence-electron chi connectivity index (χ3n) is 5.28. The topological polar surface area (TPSA) is 42.7 Å². The van der Waals surface area contributed by atoms with Gasteiger partial charge in [0.05, 0.1) is 0 Å². The molecule has 0 saturated carbocycles. The fourth-order valence-electron chi connectivity index (χ4n) is 3.92. The van der Waals surface area contributed by atoms with E-state index in [-0.39, 0.29) is 5.82 Å². The molecule has 5 heteroatoms. The highest BCUT2D eigenvalue weighted by molar-refractivity contribution is 5.96. The fraction of sp³-hybridized carbons (Fsp3) is 0.125. The van der Waals surface area contributed by atoms with Crippen LogP contribution in [0.3, 0.4) is 0 Å². The molecule has 1 aliphatic rings. The van der Waals surface area contributed by atoms with Crippen LogP contribution in [-0.4, -0.2) is 6.73 Å². The predicted molar refractivity (Wildman–Crippen MR) is 111 cm³/mol. The lowest BCUT2D eigenvalue weighted by Gasteiger charge is -2.32. The van der Waals surface area contributed by atoms with Crippen molar-refractivity contribution >= 4 is 16.7 Å². The Morgan fingerprint density at radius 1 is 1.00 bits per heavy atom. The van der Waals surface area contributed by atoms with E-state index in [4.69, 9.17) is 9.15 Å². The number of hydrogen-bond acceptors (Lipinski definition) is 4. The average molecular weight is 387 g/mol. The molecular weight excluding hydrogens is 369 g/mol. The predicted octanol–water partition coefficient (Wildman–Crippen LogP) is 5.26. The van der Waals surface area contributed by atoms with Crippen molar-refractivity contribution in [2.45, 2.75) is 13.5 Å². The molecule has 4 nitrogen and oxygen atoms in total. The number of nitrogens with zero attached hydrogens (tertiary/aromatic N) is 1. The van der Waals surface area contributed by atoms with Gasteiger partial charge in [-0.15, -0.1) is 0 Å². The lowest BCUT2D eigenvalue weighted by Crippen LogP contribution is -2.32. The van der Waals surface area contributed by atoms with E-state index in [2.05, 4.69) is 0 Å². The summed E-state index contributed by atoms with van der Waals surface area (Å²) in [6.07, 6.45) is 0. The zero-order valence-corrected chi connectivity index (χ0v) is 15.8. The second-order valence-electron chi connectivity index (χ2n) is 7.16. The fourth-order valence-corrected chi connectivity index (χ4v) is 3.92. The molecule has 0 aliphatic carbocycles. The van der Waals surface area contributed by atoms with Crippen molar-refractivity contribution in [3.63, 3.8) is 0 Å². The van der Waals surface area contributed by atoms with Gasteiger partial charge in [0.25, 0.3) is 0 Å². The van der Waals surface area contributed by atoms with E-state index in [1.54, 1.807) is 6.07 Å². The first-order valence-corrected chi connectivity index (χ1v) is 9.39. The highest BCUT2D eigenvalue weighted by atomic mass is 19.1. The van der Waals surface area contributed by atoms with Crippen molar-refractivity contribution in [1.29, 1.82) is 0 Å². The molecule has 0 spiro atoms. The standard InChI is InChI=1S/C24H18FNO3/c1-15-23-17(13-26(14-28-23)19-9-5-8-18(25)11-19)10-21-20(12-22(27)29-24(15)21)16-6-3-2-4-7-16/h2-12H,13-14H2,1H3. The summed E-state index contributed by atoms with van der Waals surface area (Å²) in [5.74, 6) is 0.439. The Bertz CT molecular complexity index is 1280. The first kappa shape index (κ1) is 17.5. The number of fused-ring (bicyclic) bond motifs is 2. The van der Waals surface area contributed by atoms with Gasteiger partial charge in [-0.25, -0.2) is 9.18 Å². The average Bonchev–Trinajstić information content (AvgIpc) is 2.74. The van der Waals surface area contributed by atoms with Crippen LogP contribution in [0.15, 0.2) is 75.9 Å². The maximum Gasteiger partial charge on any atom is 0.336 e. The minimum Gasteiger partial charge on any atom is -0.472 e. The first-order chi connectivity index (χ1) is 14.1. The summed E-state index contributed by atoms with van der Waals surface area (Å²) in [6, 6.07) is 19.8. The number of rotatable bonds is 2. The molecule has 0 atom stereocenters. The van der Waals surface area contributed by atoms with Crippen molar-refractivity contribution in [1.82, 2.24) is 0 Å². The quantitative estimate of drug-likeness (QED) is 0.440. The van der Waals surface area contributed by atoms with Gasteiger partial charge < -0.3 is 14.1 Å². The second kappa shape index (κ2) is 6.78. The van der Waals surface area contributed by atoms with E-state index in [0.717, 1.165) is 39.1 Å². The molecule has 5 rings (SSSR count). The summed E-state index contributed by atoms with van der Waals surface area (Å²) in [4.78, 5) is 14.2. The summed E-state index contributed by atoms with van der Waals surface area (Å²) in [5.41, 5.74) is 4.44. The van der Waals surface area contributed by atoms with E-state index < -0.39 is 5.63 Å². The second-order valence-corrected chi connectivity index (χ2v) is 7.16. The molecule has 0 N–H and O–H groups in total. The van der Waals surface area contributed by atoms with E-state index in [1.807, 2.05) is 54.3 Å². The third-order valence-corrected chi connectivity index (χ3v) is 5.28. The molecule has 0 radical (unpaired) electrons. The summed E-state index contributed by atoms with van der Waals surface area (Å²) in [6.45, 7) is 2.77. The molecule has 144 valence electrons. The van der Waals surface area contributed by atoms with Gasteiger partial charge in [-0.3, -0.25) is 0 Å². The SMILES string of the molecule is Cc1c2c(cc3c(-c4ccccc4)cc(=O)oc13)CN(c1cccc(F)c1)CO2. The molecule has 29 heavy (non-hydrogen) atoms. The summed E-state index contributed by atoms with van der Waals surface area (Å²) in [5, 5.41) is 0.858. The van der Waals surface area contributed by atoms with Gasteiger partial charge in [0.2, 0.25) is 0 Å². The largest absolute Gasteiger partial charge is 0.472 e. The van der Waals surface area contributed by atoms with Gasteiger partial charge in [0, 0.05) is 34.8 Å². The molecule has 0 amide bonds. The van der Waals surface area contributed by atoms with Gasteiger partial charge >= 0.3 is 5.63 Å². The van der Waals surface area contributed by atoms with Crippen LogP contribution in [0.1, 0.15) is 11.1 Å². The summed E-state index contributed by atoms with van der Waals surface area (Å²) < 4.78 is 25.2. The van der Waals surface area contributed by atoms with Crippen LogP contribution >= 0.6 is 0 Å². The number of benzene rings is 3. The van der Waals surface area contributed by atoms with Gasteiger partial charge in [0.15, 0.2) is 6.73 Å². The maximum atomic E-state index is 13.7. The summed E-state index contributed by atoms with van der Waals surface area (Å²) in [7, 11) is 0. The number of hydrogen-bond donors (Lipinski definition) is 0. The van der Waals surface area contributed by atoms with Crippen molar-refractivity contribution in [2.75, 3.05) is 11.6 Å². The minimum atomic E-state index is -0.392. The van der Waals surface area contributed by atoms with Crippen molar-refractivity contribution in [3.05, 3.63) is 94.1 Å². The number of ether oxygens (including phenoxy) is 1. The number of halogens is 1. The molecule has 0 unspecified atom stereocenters. The van der Waals surface area contributed by atoms with Crippen LogP contribution in [0.5, 0.6) is 5.75 Å². The Labute approximate surface area is 166 Å². The van der Waals surface area contributed by atoms with Crippen molar-refractivity contribution in [2.24, 2.45) is 0 Å². The zero-order chi connectivity index (χ0) is 20.0. The molecule has 1 aromatic heterocycles. The molecule has 0 bridgehead atoms. The highest BCUT2D eigenvalue weighted by Gasteiger charge is 2.23. The van der Waals surface area contributed by atoms with Gasteiger partial charge in [-0.05, 0) is 42.3 Å². The van der Waals surface area contributed by atoms with Crippen molar-refractivity contribution in [3.8, 4) is 16.9 Å². The maximum absolute atomic E-state index is 13.7. The molecule has 4 aromatic rings. The third kappa shape index (κ3) is 3.05. The van der Waals surface area contributed by atoms with E-state index in [0.29, 0.717) is 18.9 Å². The van der Waals surface area contributed by atoms with E-state index >= 15 is 0 Å². The first-order valence-electron chi connectivity index (χ1n) is 9.39. The number of anilines is 1. The van der Waals surface area contributed by atoms with Crippen molar-refractivity contribution < 1.29 is 13.5 Å². The Hall–Kier alpha value is -3.60. The monoisotopic (exact) mass is 387 g/mol.